The molecule has 0 fully saturated rings. The first-order chi connectivity index (χ1) is 14.8. The Balaban J connectivity index is 2.21. The number of hydrogen-bond donors (Lipinski definition) is 3. The second kappa shape index (κ2) is 11.7. The van der Waals surface area contributed by atoms with Gasteiger partial charge >= 0.3 is 0 Å². The molecule has 2 aromatic rings. The van der Waals surface area contributed by atoms with E-state index in [4.69, 9.17) is 9.47 Å². The third-order valence-corrected chi connectivity index (χ3v) is 5.48. The van der Waals surface area contributed by atoms with Crippen molar-refractivity contribution in [3.63, 3.8) is 0 Å². The third-order valence-electron chi connectivity index (χ3n) is 5.48. The number of hydrogen-bond acceptors (Lipinski definition) is 5. The summed E-state index contributed by atoms with van der Waals surface area (Å²) in [4.78, 5) is 0. The van der Waals surface area contributed by atoms with Gasteiger partial charge in [-0.25, -0.2) is 0 Å². The van der Waals surface area contributed by atoms with Crippen LogP contribution in [-0.4, -0.2) is 28.0 Å². The van der Waals surface area contributed by atoms with Gasteiger partial charge in [-0.05, 0) is 48.1 Å². The Bertz CT molecular complexity index is 877. The van der Waals surface area contributed by atoms with Gasteiger partial charge in [0.05, 0.1) is 12.7 Å². The van der Waals surface area contributed by atoms with Crippen molar-refractivity contribution in [2.45, 2.75) is 58.5 Å². The lowest BCUT2D eigenvalue weighted by Crippen LogP contribution is -2.22. The molecule has 2 aromatic carbocycles. The smallest absolute Gasteiger partial charge is 0.178 e. The summed E-state index contributed by atoms with van der Waals surface area (Å²) in [6, 6.07) is 12.7. The predicted octanol–water partition coefficient (Wildman–Crippen LogP) is 5.16. The van der Waals surface area contributed by atoms with Crippen LogP contribution in [0, 0.1) is 0 Å². The zero-order chi connectivity index (χ0) is 22.9. The Labute approximate surface area is 185 Å². The van der Waals surface area contributed by atoms with Gasteiger partial charge < -0.3 is 24.8 Å². The van der Waals surface area contributed by atoms with Crippen LogP contribution in [0.1, 0.15) is 63.0 Å². The standard InChI is InChI=1S/C26H34O5/c1-5-20(9-8-14-26(29,6-2)7-3)22-15-23(30-4)17-24(16-22)31-18-19-10-12-21(13-11-19)25(27)28/h8-17,25,27-29H,5-7,18H2,1-4H3. The van der Waals surface area contributed by atoms with E-state index < -0.39 is 11.9 Å². The molecular formula is C26H34O5. The lowest BCUT2D eigenvalue weighted by Gasteiger charge is -2.20. The molecule has 0 aliphatic rings. The molecule has 0 spiro atoms. The SMILES string of the molecule is CCC(=CC=CC(O)(CC)CC)c1cc(OC)cc(OCc2ccc(C(O)O)cc2)c1. The van der Waals surface area contributed by atoms with Gasteiger partial charge in [0.25, 0.3) is 0 Å². The highest BCUT2D eigenvalue weighted by Gasteiger charge is 2.17. The third kappa shape index (κ3) is 7.24. The molecule has 0 atom stereocenters. The molecule has 0 saturated heterocycles. The van der Waals surface area contributed by atoms with Gasteiger partial charge in [0.1, 0.15) is 18.1 Å². The van der Waals surface area contributed by atoms with Gasteiger partial charge in [-0.1, -0.05) is 63.3 Å². The summed E-state index contributed by atoms with van der Waals surface area (Å²) in [6.45, 7) is 6.38. The van der Waals surface area contributed by atoms with Gasteiger partial charge in [-0.2, -0.15) is 0 Å². The van der Waals surface area contributed by atoms with Crippen LogP contribution in [-0.2, 0) is 6.61 Å². The van der Waals surface area contributed by atoms with Crippen molar-refractivity contribution in [2.24, 2.45) is 0 Å². The molecule has 0 aliphatic heterocycles. The molecule has 0 aliphatic carbocycles. The zero-order valence-electron chi connectivity index (χ0n) is 18.8. The number of ether oxygens (including phenoxy) is 2. The summed E-state index contributed by atoms with van der Waals surface area (Å²) >= 11 is 0. The van der Waals surface area contributed by atoms with Gasteiger partial charge in [-0.3, -0.25) is 0 Å². The van der Waals surface area contributed by atoms with Crippen molar-refractivity contribution in [1.82, 2.24) is 0 Å². The first-order valence-corrected chi connectivity index (χ1v) is 10.7. The molecule has 2 rings (SSSR count). The van der Waals surface area contributed by atoms with E-state index in [0.29, 0.717) is 36.5 Å². The lowest BCUT2D eigenvalue weighted by atomic mass is 9.96. The molecule has 0 saturated carbocycles. The Kier molecular flexibility index (Phi) is 9.31. The highest BCUT2D eigenvalue weighted by atomic mass is 16.5. The van der Waals surface area contributed by atoms with E-state index in [9.17, 15) is 15.3 Å². The molecular weight excluding hydrogens is 392 g/mol. The number of allylic oxidation sites excluding steroid dienone is 3. The maximum atomic E-state index is 10.5. The largest absolute Gasteiger partial charge is 0.497 e. The summed E-state index contributed by atoms with van der Waals surface area (Å²) in [6.07, 6.45) is 6.48. The molecule has 0 amide bonds. The highest BCUT2D eigenvalue weighted by Crippen LogP contribution is 2.29. The summed E-state index contributed by atoms with van der Waals surface area (Å²) in [5.41, 5.74) is 2.69. The van der Waals surface area contributed by atoms with E-state index in [1.54, 1.807) is 31.4 Å². The van der Waals surface area contributed by atoms with E-state index in [0.717, 1.165) is 23.1 Å². The first kappa shape index (κ1) is 24.7. The van der Waals surface area contributed by atoms with Crippen LogP contribution in [0.25, 0.3) is 5.57 Å². The van der Waals surface area contributed by atoms with Crippen LogP contribution in [0.15, 0.2) is 60.7 Å². The first-order valence-electron chi connectivity index (χ1n) is 10.7. The Morgan fingerprint density at radius 2 is 1.65 bits per heavy atom. The molecule has 3 N–H and O–H groups in total. The van der Waals surface area contributed by atoms with Crippen molar-refractivity contribution >= 4 is 5.57 Å². The normalized spacial score (nSPS) is 12.6. The summed E-state index contributed by atoms with van der Waals surface area (Å²) in [5.74, 6) is 1.38. The average molecular weight is 427 g/mol. The molecule has 0 bridgehead atoms. The predicted molar refractivity (Wildman–Crippen MR) is 124 cm³/mol. The minimum Gasteiger partial charge on any atom is -0.497 e. The lowest BCUT2D eigenvalue weighted by molar-refractivity contribution is -0.0425. The number of aliphatic hydroxyl groups is 3. The number of methoxy groups -OCH3 is 1. The number of aliphatic hydroxyl groups excluding tert-OH is 1. The van der Waals surface area contributed by atoms with Crippen molar-refractivity contribution in [1.29, 1.82) is 0 Å². The molecule has 5 heteroatoms. The fourth-order valence-electron chi connectivity index (χ4n) is 3.16. The van der Waals surface area contributed by atoms with Crippen molar-refractivity contribution < 1.29 is 24.8 Å². The highest BCUT2D eigenvalue weighted by molar-refractivity contribution is 5.69. The van der Waals surface area contributed by atoms with Crippen molar-refractivity contribution in [2.75, 3.05) is 7.11 Å². The van der Waals surface area contributed by atoms with Gasteiger partial charge in [-0.15, -0.1) is 0 Å². The van der Waals surface area contributed by atoms with Gasteiger partial charge in [0.15, 0.2) is 6.29 Å². The van der Waals surface area contributed by atoms with E-state index in [-0.39, 0.29) is 0 Å². The van der Waals surface area contributed by atoms with Crippen LogP contribution in [0.2, 0.25) is 0 Å². The molecule has 168 valence electrons. The second-order valence-electron chi connectivity index (χ2n) is 7.52. The topological polar surface area (TPSA) is 79.2 Å². The van der Waals surface area contributed by atoms with Crippen LogP contribution in [0.3, 0.4) is 0 Å². The molecule has 0 aromatic heterocycles. The van der Waals surface area contributed by atoms with Crippen LogP contribution in [0.5, 0.6) is 11.5 Å². The molecule has 5 nitrogen and oxygen atoms in total. The maximum Gasteiger partial charge on any atom is 0.178 e. The van der Waals surface area contributed by atoms with E-state index in [2.05, 4.69) is 6.92 Å². The minimum absolute atomic E-state index is 0.347. The summed E-state index contributed by atoms with van der Waals surface area (Å²) < 4.78 is 11.4. The van der Waals surface area contributed by atoms with Crippen molar-refractivity contribution in [3.05, 3.63) is 77.4 Å². The van der Waals surface area contributed by atoms with E-state index in [1.165, 1.54) is 0 Å². The monoisotopic (exact) mass is 426 g/mol. The molecule has 0 unspecified atom stereocenters. The fraction of sp³-hybridized carbons (Fsp3) is 0.385. The zero-order valence-corrected chi connectivity index (χ0v) is 18.8. The Morgan fingerprint density at radius 1 is 1.00 bits per heavy atom. The van der Waals surface area contributed by atoms with Crippen LogP contribution >= 0.6 is 0 Å². The summed E-state index contributed by atoms with van der Waals surface area (Å²) in [7, 11) is 1.62. The fourth-order valence-corrected chi connectivity index (χ4v) is 3.16. The number of rotatable bonds is 11. The van der Waals surface area contributed by atoms with E-state index in [1.807, 2.05) is 50.3 Å². The van der Waals surface area contributed by atoms with Crippen LogP contribution in [0.4, 0.5) is 0 Å². The van der Waals surface area contributed by atoms with Crippen molar-refractivity contribution in [3.8, 4) is 11.5 Å². The Hall–Kier alpha value is -2.60. The Morgan fingerprint density at radius 3 is 2.19 bits per heavy atom. The van der Waals surface area contributed by atoms with Gasteiger partial charge in [0, 0.05) is 11.6 Å². The van der Waals surface area contributed by atoms with Gasteiger partial charge in [0.2, 0.25) is 0 Å². The quantitative estimate of drug-likeness (QED) is 0.342. The average Bonchev–Trinajstić information content (AvgIpc) is 2.80. The summed E-state index contributed by atoms with van der Waals surface area (Å²) in [5, 5.41) is 28.9. The maximum absolute atomic E-state index is 10.5. The molecule has 0 radical (unpaired) electrons. The second-order valence-corrected chi connectivity index (χ2v) is 7.52. The molecule has 0 heterocycles. The molecule has 31 heavy (non-hydrogen) atoms. The van der Waals surface area contributed by atoms with E-state index >= 15 is 0 Å². The number of benzene rings is 2. The minimum atomic E-state index is -1.48. The van der Waals surface area contributed by atoms with Crippen LogP contribution < -0.4 is 9.47 Å².